The molecule has 3 atom stereocenters. The molecule has 1 aliphatic carbocycles. The third-order valence-corrected chi connectivity index (χ3v) is 3.91. The van der Waals surface area contributed by atoms with Crippen LogP contribution in [0.15, 0.2) is 0 Å². The van der Waals surface area contributed by atoms with E-state index >= 15 is 0 Å². The van der Waals surface area contributed by atoms with Crippen LogP contribution in [-0.4, -0.2) is 31.2 Å². The Morgan fingerprint density at radius 1 is 1.06 bits per heavy atom. The van der Waals surface area contributed by atoms with Gasteiger partial charge < -0.3 is 14.6 Å². The van der Waals surface area contributed by atoms with Gasteiger partial charge in [-0.1, -0.05) is 13.8 Å². The first kappa shape index (κ1) is 13.9. The maximum absolute atomic E-state index is 10.6. The van der Waals surface area contributed by atoms with Crippen LogP contribution in [0, 0.1) is 17.8 Å². The summed E-state index contributed by atoms with van der Waals surface area (Å²) < 4.78 is 10.4. The molecule has 0 amide bonds. The highest BCUT2D eigenvalue weighted by molar-refractivity contribution is 4.90. The molecule has 1 fully saturated rings. The van der Waals surface area contributed by atoms with Gasteiger partial charge in [0.05, 0.1) is 0 Å². The molecule has 1 N–H and O–H groups in total. The van der Waals surface area contributed by atoms with Crippen LogP contribution in [0.5, 0.6) is 0 Å². The third kappa shape index (κ3) is 2.96. The average molecular weight is 230 g/mol. The highest BCUT2D eigenvalue weighted by Crippen LogP contribution is 2.40. The van der Waals surface area contributed by atoms with Gasteiger partial charge in [0, 0.05) is 14.2 Å². The van der Waals surface area contributed by atoms with E-state index < -0.39 is 11.9 Å². The predicted octanol–water partition coefficient (Wildman–Crippen LogP) is 2.43. The first-order valence-electron chi connectivity index (χ1n) is 6.19. The predicted molar refractivity (Wildman–Crippen MR) is 64.1 cm³/mol. The molecule has 1 aliphatic rings. The fraction of sp³-hybridized carbons (Fsp3) is 1.00. The van der Waals surface area contributed by atoms with Crippen molar-refractivity contribution in [2.45, 2.75) is 51.9 Å². The summed E-state index contributed by atoms with van der Waals surface area (Å²) in [6.07, 6.45) is 2.84. The second-order valence-corrected chi connectivity index (χ2v) is 5.64. The molecular weight excluding hydrogens is 204 g/mol. The molecule has 3 unspecified atom stereocenters. The molecule has 0 spiro atoms. The van der Waals surface area contributed by atoms with Gasteiger partial charge in [-0.05, 0) is 43.9 Å². The van der Waals surface area contributed by atoms with Gasteiger partial charge in [0.15, 0.2) is 6.29 Å². The van der Waals surface area contributed by atoms with Gasteiger partial charge in [-0.25, -0.2) is 0 Å². The minimum absolute atomic E-state index is 0.260. The summed E-state index contributed by atoms with van der Waals surface area (Å²) in [5, 5.41) is 10.6. The molecule has 3 heteroatoms. The Hall–Kier alpha value is -0.120. The van der Waals surface area contributed by atoms with Gasteiger partial charge in [0.2, 0.25) is 0 Å². The highest BCUT2D eigenvalue weighted by Gasteiger charge is 2.43. The van der Waals surface area contributed by atoms with Crippen molar-refractivity contribution in [3.63, 3.8) is 0 Å². The van der Waals surface area contributed by atoms with Crippen LogP contribution in [0.4, 0.5) is 0 Å². The number of rotatable bonds is 4. The number of methoxy groups -OCH3 is 2. The molecule has 96 valence electrons. The normalized spacial score (nSPS) is 35.1. The van der Waals surface area contributed by atoms with E-state index in [9.17, 15) is 5.11 Å². The number of ether oxygens (including phenoxy) is 2. The Bertz CT molecular complexity index is 201. The summed E-state index contributed by atoms with van der Waals surface area (Å²) in [4.78, 5) is 0. The van der Waals surface area contributed by atoms with E-state index in [1.165, 1.54) is 6.42 Å². The standard InChI is InChI=1S/C13H26O3/c1-9-6-10(2)8-11(7-9)13(3,14)12(15-4)16-5/h9-12,14H,6-8H2,1-5H3. The van der Waals surface area contributed by atoms with E-state index in [1.54, 1.807) is 14.2 Å². The van der Waals surface area contributed by atoms with E-state index in [1.807, 2.05) is 6.92 Å². The summed E-state index contributed by atoms with van der Waals surface area (Å²) in [5.41, 5.74) is -0.896. The monoisotopic (exact) mass is 230 g/mol. The molecule has 16 heavy (non-hydrogen) atoms. The van der Waals surface area contributed by atoms with Crippen molar-refractivity contribution in [3.05, 3.63) is 0 Å². The second-order valence-electron chi connectivity index (χ2n) is 5.64. The second kappa shape index (κ2) is 5.48. The van der Waals surface area contributed by atoms with Crippen LogP contribution in [0.1, 0.15) is 40.0 Å². The molecule has 0 aromatic carbocycles. The largest absolute Gasteiger partial charge is 0.385 e. The van der Waals surface area contributed by atoms with Gasteiger partial charge in [-0.2, -0.15) is 0 Å². The van der Waals surface area contributed by atoms with Gasteiger partial charge in [-0.3, -0.25) is 0 Å². The molecule has 0 bridgehead atoms. The lowest BCUT2D eigenvalue weighted by molar-refractivity contribution is -0.233. The van der Waals surface area contributed by atoms with E-state index in [0.29, 0.717) is 11.8 Å². The van der Waals surface area contributed by atoms with Crippen LogP contribution in [0.25, 0.3) is 0 Å². The van der Waals surface area contributed by atoms with Crippen molar-refractivity contribution in [2.75, 3.05) is 14.2 Å². The highest BCUT2D eigenvalue weighted by atomic mass is 16.7. The Morgan fingerprint density at radius 2 is 1.50 bits per heavy atom. The molecule has 1 saturated carbocycles. The smallest absolute Gasteiger partial charge is 0.185 e. The van der Waals surface area contributed by atoms with E-state index in [0.717, 1.165) is 12.8 Å². The van der Waals surface area contributed by atoms with Crippen LogP contribution in [0.2, 0.25) is 0 Å². The van der Waals surface area contributed by atoms with Crippen LogP contribution in [0.3, 0.4) is 0 Å². The Labute approximate surface area is 99.1 Å². The fourth-order valence-corrected chi connectivity index (χ4v) is 3.19. The Balaban J connectivity index is 2.73. The lowest BCUT2D eigenvalue weighted by Gasteiger charge is -2.43. The molecule has 0 aromatic heterocycles. The lowest BCUT2D eigenvalue weighted by atomic mass is 9.70. The zero-order valence-corrected chi connectivity index (χ0v) is 11.2. The number of hydrogen-bond donors (Lipinski definition) is 1. The Kier molecular flexibility index (Phi) is 4.77. The SMILES string of the molecule is COC(OC)C(C)(O)C1CC(C)CC(C)C1. The van der Waals surface area contributed by atoms with Crippen molar-refractivity contribution in [1.29, 1.82) is 0 Å². The lowest BCUT2D eigenvalue weighted by Crippen LogP contribution is -2.50. The zero-order valence-electron chi connectivity index (χ0n) is 11.2. The molecule has 0 aromatic rings. The van der Waals surface area contributed by atoms with Gasteiger partial charge >= 0.3 is 0 Å². The summed E-state index contributed by atoms with van der Waals surface area (Å²) in [6.45, 7) is 6.35. The summed E-state index contributed by atoms with van der Waals surface area (Å²) in [7, 11) is 3.16. The zero-order chi connectivity index (χ0) is 12.3. The van der Waals surface area contributed by atoms with Crippen LogP contribution < -0.4 is 0 Å². The minimum Gasteiger partial charge on any atom is -0.385 e. The first-order chi connectivity index (χ1) is 7.41. The van der Waals surface area contributed by atoms with E-state index in [-0.39, 0.29) is 5.92 Å². The quantitative estimate of drug-likeness (QED) is 0.754. The number of aliphatic hydroxyl groups is 1. The average Bonchev–Trinajstić information content (AvgIpc) is 2.17. The van der Waals surface area contributed by atoms with Crippen LogP contribution in [-0.2, 0) is 9.47 Å². The van der Waals surface area contributed by atoms with Gasteiger partial charge in [-0.15, -0.1) is 0 Å². The minimum atomic E-state index is -0.896. The van der Waals surface area contributed by atoms with E-state index in [2.05, 4.69) is 13.8 Å². The molecular formula is C13H26O3. The van der Waals surface area contributed by atoms with Crippen molar-refractivity contribution in [1.82, 2.24) is 0 Å². The summed E-state index contributed by atoms with van der Waals surface area (Å²) in [5.74, 6) is 1.61. The third-order valence-electron chi connectivity index (χ3n) is 3.91. The first-order valence-corrected chi connectivity index (χ1v) is 6.19. The molecule has 1 rings (SSSR count). The molecule has 0 saturated heterocycles. The molecule has 3 nitrogen and oxygen atoms in total. The molecule has 0 radical (unpaired) electrons. The van der Waals surface area contributed by atoms with Crippen molar-refractivity contribution >= 4 is 0 Å². The number of hydrogen-bond acceptors (Lipinski definition) is 3. The van der Waals surface area contributed by atoms with Gasteiger partial charge in [0.1, 0.15) is 5.60 Å². The maximum atomic E-state index is 10.6. The van der Waals surface area contributed by atoms with E-state index in [4.69, 9.17) is 9.47 Å². The van der Waals surface area contributed by atoms with Crippen molar-refractivity contribution < 1.29 is 14.6 Å². The van der Waals surface area contributed by atoms with Gasteiger partial charge in [0.25, 0.3) is 0 Å². The summed E-state index contributed by atoms with van der Waals surface area (Å²) in [6, 6.07) is 0. The maximum Gasteiger partial charge on any atom is 0.185 e. The topological polar surface area (TPSA) is 38.7 Å². The Morgan fingerprint density at radius 3 is 1.88 bits per heavy atom. The molecule has 0 aliphatic heterocycles. The molecule has 0 heterocycles. The summed E-state index contributed by atoms with van der Waals surface area (Å²) >= 11 is 0. The van der Waals surface area contributed by atoms with Crippen LogP contribution >= 0.6 is 0 Å². The van der Waals surface area contributed by atoms with Crippen molar-refractivity contribution in [2.24, 2.45) is 17.8 Å². The fourth-order valence-electron chi connectivity index (χ4n) is 3.19. The van der Waals surface area contributed by atoms with Crippen molar-refractivity contribution in [3.8, 4) is 0 Å².